The molecule has 1 aromatic carbocycles. The summed E-state index contributed by atoms with van der Waals surface area (Å²) in [5.74, 6) is 1.38. The highest BCUT2D eigenvalue weighted by molar-refractivity contribution is 5.71. The maximum Gasteiger partial charge on any atom is 0.309 e. The summed E-state index contributed by atoms with van der Waals surface area (Å²) in [6.45, 7) is 3.70. The van der Waals surface area contributed by atoms with Gasteiger partial charge in [-0.3, -0.25) is 4.79 Å². The molecule has 23 heavy (non-hydrogen) atoms. The van der Waals surface area contributed by atoms with Gasteiger partial charge in [0.25, 0.3) is 5.89 Å². The van der Waals surface area contributed by atoms with Gasteiger partial charge >= 0.3 is 5.97 Å². The lowest BCUT2D eigenvalue weighted by Gasteiger charge is -2.07. The van der Waals surface area contributed by atoms with Crippen LogP contribution in [0.2, 0.25) is 0 Å². The van der Waals surface area contributed by atoms with Gasteiger partial charge in [0.1, 0.15) is 0 Å². The van der Waals surface area contributed by atoms with E-state index in [1.807, 2.05) is 13.8 Å². The number of methoxy groups -OCH3 is 2. The molecular weight excluding hydrogens is 300 g/mol. The van der Waals surface area contributed by atoms with Crippen molar-refractivity contribution in [2.75, 3.05) is 14.2 Å². The van der Waals surface area contributed by atoms with E-state index < -0.39 is 0 Å². The van der Waals surface area contributed by atoms with Crippen molar-refractivity contribution in [2.45, 2.75) is 26.9 Å². The Morgan fingerprint density at radius 1 is 1.26 bits per heavy atom. The summed E-state index contributed by atoms with van der Waals surface area (Å²) in [5, 5.41) is 3.89. The van der Waals surface area contributed by atoms with Crippen molar-refractivity contribution in [1.82, 2.24) is 10.1 Å². The highest BCUT2D eigenvalue weighted by atomic mass is 16.6. The predicted octanol–water partition coefficient (Wildman–Crippen LogP) is 2.84. The molecule has 0 aliphatic rings. The molecule has 1 unspecified atom stereocenters. The first kappa shape index (κ1) is 16.8. The summed E-state index contributed by atoms with van der Waals surface area (Å²) in [4.78, 5) is 15.9. The lowest BCUT2D eigenvalue weighted by molar-refractivity contribution is -0.150. The minimum atomic E-state index is -0.279. The second kappa shape index (κ2) is 7.62. The van der Waals surface area contributed by atoms with Crippen LogP contribution in [0.5, 0.6) is 11.5 Å². The number of nitrogens with zero attached hydrogens (tertiary/aromatic N) is 2. The molecule has 1 atom stereocenters. The monoisotopic (exact) mass is 320 g/mol. The van der Waals surface area contributed by atoms with E-state index in [1.54, 1.807) is 32.4 Å². The van der Waals surface area contributed by atoms with Gasteiger partial charge in [-0.15, -0.1) is 0 Å². The summed E-state index contributed by atoms with van der Waals surface area (Å²) in [6, 6.07) is 5.30. The third-order valence-corrected chi connectivity index (χ3v) is 3.46. The van der Waals surface area contributed by atoms with Crippen LogP contribution in [-0.2, 0) is 16.1 Å². The normalized spacial score (nSPS) is 11.8. The summed E-state index contributed by atoms with van der Waals surface area (Å²) in [6.07, 6.45) is 0.722. The van der Waals surface area contributed by atoms with Gasteiger partial charge < -0.3 is 18.7 Å². The molecule has 1 heterocycles. The first-order valence-electron chi connectivity index (χ1n) is 7.30. The lowest BCUT2D eigenvalue weighted by atomic mass is 10.1. The quantitative estimate of drug-likeness (QED) is 0.725. The Balaban J connectivity index is 2.08. The maximum absolute atomic E-state index is 11.6. The number of rotatable bonds is 7. The third-order valence-electron chi connectivity index (χ3n) is 3.46. The maximum atomic E-state index is 11.6. The van der Waals surface area contributed by atoms with Crippen LogP contribution in [0.25, 0.3) is 11.4 Å². The zero-order valence-electron chi connectivity index (χ0n) is 13.7. The van der Waals surface area contributed by atoms with E-state index in [1.165, 1.54) is 0 Å². The number of hydrogen-bond donors (Lipinski definition) is 0. The second-order valence-corrected chi connectivity index (χ2v) is 5.00. The molecule has 7 heteroatoms. The number of carbonyl (C=O) groups is 1. The van der Waals surface area contributed by atoms with Crippen molar-refractivity contribution in [3.63, 3.8) is 0 Å². The highest BCUT2D eigenvalue weighted by Crippen LogP contribution is 2.31. The Bertz CT molecular complexity index is 668. The fraction of sp³-hybridized carbons (Fsp3) is 0.438. The van der Waals surface area contributed by atoms with Crippen LogP contribution in [0.1, 0.15) is 26.2 Å². The molecule has 2 aromatic rings. The Hall–Kier alpha value is -2.57. The predicted molar refractivity (Wildman–Crippen MR) is 82.1 cm³/mol. The van der Waals surface area contributed by atoms with Crippen molar-refractivity contribution in [2.24, 2.45) is 5.92 Å². The number of hydrogen-bond acceptors (Lipinski definition) is 7. The molecular formula is C16H20N2O5. The van der Waals surface area contributed by atoms with E-state index in [-0.39, 0.29) is 24.4 Å². The van der Waals surface area contributed by atoms with E-state index in [9.17, 15) is 4.79 Å². The standard InChI is InChI=1S/C16H20N2O5/c1-5-10(2)16(19)22-9-14-17-15(18-23-14)11-6-7-12(20-3)13(8-11)21-4/h6-8,10H,5,9H2,1-4H3. The molecule has 0 aliphatic heterocycles. The third kappa shape index (κ3) is 4.00. The highest BCUT2D eigenvalue weighted by Gasteiger charge is 2.16. The van der Waals surface area contributed by atoms with Crippen molar-refractivity contribution in [1.29, 1.82) is 0 Å². The number of esters is 1. The minimum Gasteiger partial charge on any atom is -0.493 e. The summed E-state index contributed by atoms with van der Waals surface area (Å²) < 4.78 is 20.7. The van der Waals surface area contributed by atoms with Gasteiger partial charge in [-0.25, -0.2) is 0 Å². The van der Waals surface area contributed by atoms with Crippen LogP contribution in [0, 0.1) is 5.92 Å². The molecule has 0 fully saturated rings. The van der Waals surface area contributed by atoms with Gasteiger partial charge in [-0.05, 0) is 24.6 Å². The van der Waals surface area contributed by atoms with Gasteiger partial charge in [-0.2, -0.15) is 4.98 Å². The van der Waals surface area contributed by atoms with Crippen LogP contribution in [0.3, 0.4) is 0 Å². The average Bonchev–Trinajstić information content (AvgIpc) is 3.07. The van der Waals surface area contributed by atoms with Crippen LogP contribution in [-0.4, -0.2) is 30.3 Å². The molecule has 2 rings (SSSR count). The molecule has 0 aliphatic carbocycles. The van der Waals surface area contributed by atoms with Crippen molar-refractivity contribution >= 4 is 5.97 Å². The molecule has 0 saturated heterocycles. The molecule has 124 valence electrons. The van der Waals surface area contributed by atoms with Crippen LogP contribution < -0.4 is 9.47 Å². The second-order valence-electron chi connectivity index (χ2n) is 5.00. The first-order chi connectivity index (χ1) is 11.1. The van der Waals surface area contributed by atoms with Crippen LogP contribution >= 0.6 is 0 Å². The number of aromatic nitrogens is 2. The average molecular weight is 320 g/mol. The van der Waals surface area contributed by atoms with E-state index in [2.05, 4.69) is 10.1 Å². The molecule has 0 bridgehead atoms. The number of ether oxygens (including phenoxy) is 3. The van der Waals surface area contributed by atoms with Crippen LogP contribution in [0.15, 0.2) is 22.7 Å². The SMILES string of the molecule is CCC(C)C(=O)OCc1nc(-c2ccc(OC)c(OC)c2)no1. The van der Waals surface area contributed by atoms with Gasteiger partial charge in [-0.1, -0.05) is 19.0 Å². The summed E-state index contributed by atoms with van der Waals surface area (Å²) in [5.41, 5.74) is 0.714. The molecule has 0 spiro atoms. The summed E-state index contributed by atoms with van der Waals surface area (Å²) in [7, 11) is 3.12. The van der Waals surface area contributed by atoms with E-state index in [0.717, 1.165) is 6.42 Å². The van der Waals surface area contributed by atoms with Gasteiger partial charge in [0, 0.05) is 5.56 Å². The molecule has 0 amide bonds. The largest absolute Gasteiger partial charge is 0.493 e. The Morgan fingerprint density at radius 2 is 2.00 bits per heavy atom. The minimum absolute atomic E-state index is 0.0382. The first-order valence-corrected chi connectivity index (χ1v) is 7.30. The van der Waals surface area contributed by atoms with Gasteiger partial charge in [0.05, 0.1) is 20.1 Å². The van der Waals surface area contributed by atoms with Crippen molar-refractivity contribution in [3.8, 4) is 22.9 Å². The fourth-order valence-corrected chi connectivity index (χ4v) is 1.85. The molecule has 1 aromatic heterocycles. The van der Waals surface area contributed by atoms with Gasteiger partial charge in [0.2, 0.25) is 5.82 Å². The zero-order valence-corrected chi connectivity index (χ0v) is 13.7. The Labute approximate surface area is 134 Å². The van der Waals surface area contributed by atoms with Crippen molar-refractivity contribution < 1.29 is 23.5 Å². The van der Waals surface area contributed by atoms with Gasteiger partial charge in [0.15, 0.2) is 18.1 Å². The van der Waals surface area contributed by atoms with Crippen LogP contribution in [0.4, 0.5) is 0 Å². The summed E-state index contributed by atoms with van der Waals surface area (Å²) >= 11 is 0. The number of benzene rings is 1. The fourth-order valence-electron chi connectivity index (χ4n) is 1.85. The van der Waals surface area contributed by atoms with Crippen molar-refractivity contribution in [3.05, 3.63) is 24.1 Å². The molecule has 0 N–H and O–H groups in total. The molecule has 0 saturated carbocycles. The van der Waals surface area contributed by atoms with E-state index in [4.69, 9.17) is 18.7 Å². The molecule has 7 nitrogen and oxygen atoms in total. The Morgan fingerprint density at radius 3 is 2.65 bits per heavy atom. The topological polar surface area (TPSA) is 83.7 Å². The van der Waals surface area contributed by atoms with E-state index >= 15 is 0 Å². The zero-order chi connectivity index (χ0) is 16.8. The molecule has 0 radical (unpaired) electrons. The van der Waals surface area contributed by atoms with E-state index in [0.29, 0.717) is 22.9 Å². The Kier molecular flexibility index (Phi) is 5.56. The lowest BCUT2D eigenvalue weighted by Crippen LogP contribution is -2.13. The number of carbonyl (C=O) groups excluding carboxylic acids is 1. The smallest absolute Gasteiger partial charge is 0.309 e.